The van der Waals surface area contributed by atoms with Crippen molar-refractivity contribution in [3.8, 4) is 11.5 Å². The monoisotopic (exact) mass is 378 g/mol. The van der Waals surface area contributed by atoms with Gasteiger partial charge in [-0.15, -0.1) is 0 Å². The lowest BCUT2D eigenvalue weighted by Gasteiger charge is -2.05. The predicted molar refractivity (Wildman–Crippen MR) is 117 cm³/mol. The van der Waals surface area contributed by atoms with Crippen LogP contribution in [0.5, 0.6) is 11.5 Å². The van der Waals surface area contributed by atoms with Gasteiger partial charge in [-0.3, -0.25) is 4.79 Å². The number of carbonyl (C=O) groups excluding carboxylic acids is 1. The highest BCUT2D eigenvalue weighted by atomic mass is 16.5. The molecule has 0 heterocycles. The molecule has 2 aromatic rings. The van der Waals surface area contributed by atoms with Gasteiger partial charge in [-0.05, 0) is 60.4 Å². The highest BCUT2D eigenvalue weighted by Gasteiger charge is 1.96. The highest BCUT2D eigenvalue weighted by molar-refractivity contribution is 6.04. The maximum atomic E-state index is 12.0. The molecule has 2 aromatic carbocycles. The second-order valence-electron chi connectivity index (χ2n) is 6.61. The third-order valence-corrected chi connectivity index (χ3v) is 4.17. The fourth-order valence-electron chi connectivity index (χ4n) is 2.43. The van der Waals surface area contributed by atoms with Gasteiger partial charge in [0.05, 0.1) is 13.2 Å². The minimum Gasteiger partial charge on any atom is -0.494 e. The molecule has 0 aromatic heterocycles. The quantitative estimate of drug-likeness (QED) is 0.319. The van der Waals surface area contributed by atoms with Crippen LogP contribution in [0.25, 0.3) is 12.2 Å². The van der Waals surface area contributed by atoms with E-state index >= 15 is 0 Å². The molecule has 0 amide bonds. The Hall–Kier alpha value is -2.81. The van der Waals surface area contributed by atoms with Gasteiger partial charge in [-0.25, -0.2) is 0 Å². The van der Waals surface area contributed by atoms with Crippen molar-refractivity contribution in [1.82, 2.24) is 0 Å². The predicted octanol–water partition coefficient (Wildman–Crippen LogP) is 6.34. The molecule has 0 N–H and O–H groups in total. The number of benzene rings is 2. The summed E-state index contributed by atoms with van der Waals surface area (Å²) in [6.07, 6.45) is 11.1. The molecule has 0 bridgehead atoms. The molecule has 148 valence electrons. The summed E-state index contributed by atoms with van der Waals surface area (Å²) in [6.45, 7) is 5.75. The third kappa shape index (κ3) is 8.26. The molecule has 3 heteroatoms. The molecule has 0 unspecified atom stereocenters. The van der Waals surface area contributed by atoms with Crippen LogP contribution in [0.2, 0.25) is 0 Å². The van der Waals surface area contributed by atoms with E-state index in [-0.39, 0.29) is 5.78 Å². The number of rotatable bonds is 12. The normalized spacial score (nSPS) is 11.2. The van der Waals surface area contributed by atoms with E-state index in [0.717, 1.165) is 61.5 Å². The van der Waals surface area contributed by atoms with Crippen molar-refractivity contribution in [2.24, 2.45) is 0 Å². The molecule has 0 aliphatic heterocycles. The summed E-state index contributed by atoms with van der Waals surface area (Å²) in [6, 6.07) is 15.5. The van der Waals surface area contributed by atoms with Crippen molar-refractivity contribution in [1.29, 1.82) is 0 Å². The van der Waals surface area contributed by atoms with Gasteiger partial charge in [0.25, 0.3) is 0 Å². The van der Waals surface area contributed by atoms with E-state index in [0.29, 0.717) is 0 Å². The van der Waals surface area contributed by atoms with Crippen LogP contribution in [0.15, 0.2) is 60.7 Å². The van der Waals surface area contributed by atoms with Gasteiger partial charge in [-0.1, -0.05) is 63.1 Å². The van der Waals surface area contributed by atoms with Crippen LogP contribution in [0.1, 0.15) is 50.7 Å². The Balaban J connectivity index is 1.82. The van der Waals surface area contributed by atoms with E-state index in [1.807, 2.05) is 60.7 Å². The van der Waals surface area contributed by atoms with Gasteiger partial charge in [0.15, 0.2) is 5.78 Å². The second kappa shape index (κ2) is 12.6. The molecular weight excluding hydrogens is 348 g/mol. The average Bonchev–Trinajstić information content (AvgIpc) is 2.73. The largest absolute Gasteiger partial charge is 0.494 e. The van der Waals surface area contributed by atoms with E-state index < -0.39 is 0 Å². The Morgan fingerprint density at radius 2 is 1.11 bits per heavy atom. The molecule has 0 aliphatic rings. The lowest BCUT2D eigenvalue weighted by Crippen LogP contribution is -1.96. The van der Waals surface area contributed by atoms with Gasteiger partial charge >= 0.3 is 0 Å². The molecular formula is C25H30O3. The van der Waals surface area contributed by atoms with Crippen molar-refractivity contribution in [3.05, 3.63) is 71.8 Å². The SMILES string of the molecule is CCCCOc1ccc(C=CC(=O)C=Cc2ccc(OCCCC)cc2)cc1. The van der Waals surface area contributed by atoms with Crippen molar-refractivity contribution in [2.75, 3.05) is 13.2 Å². The number of ether oxygens (including phenoxy) is 2. The summed E-state index contributed by atoms with van der Waals surface area (Å²) in [7, 11) is 0. The molecule has 0 atom stereocenters. The van der Waals surface area contributed by atoms with Gasteiger partial charge < -0.3 is 9.47 Å². The van der Waals surface area contributed by atoms with Crippen molar-refractivity contribution >= 4 is 17.9 Å². The summed E-state index contributed by atoms with van der Waals surface area (Å²) < 4.78 is 11.3. The number of unbranched alkanes of at least 4 members (excludes halogenated alkanes) is 2. The van der Waals surface area contributed by atoms with E-state index in [4.69, 9.17) is 9.47 Å². The minimum absolute atomic E-state index is 0.0495. The van der Waals surface area contributed by atoms with Gasteiger partial charge in [0, 0.05) is 0 Å². The zero-order valence-electron chi connectivity index (χ0n) is 16.9. The molecule has 0 saturated heterocycles. The lowest BCUT2D eigenvalue weighted by atomic mass is 10.1. The Kier molecular flexibility index (Phi) is 9.64. The molecule has 3 nitrogen and oxygen atoms in total. The lowest BCUT2D eigenvalue weighted by molar-refractivity contribution is -0.110. The smallest absolute Gasteiger partial charge is 0.178 e. The average molecular weight is 379 g/mol. The summed E-state index contributed by atoms with van der Waals surface area (Å²) in [5.74, 6) is 1.67. The van der Waals surface area contributed by atoms with Crippen molar-refractivity contribution < 1.29 is 14.3 Å². The Labute approximate surface area is 168 Å². The van der Waals surface area contributed by atoms with Crippen LogP contribution in [0, 0.1) is 0 Å². The Bertz CT molecular complexity index is 690. The first-order valence-corrected chi connectivity index (χ1v) is 10.1. The molecule has 0 aliphatic carbocycles. The van der Waals surface area contributed by atoms with Crippen LogP contribution in [0.4, 0.5) is 0 Å². The second-order valence-corrected chi connectivity index (χ2v) is 6.61. The van der Waals surface area contributed by atoms with Crippen molar-refractivity contribution in [2.45, 2.75) is 39.5 Å². The fraction of sp³-hybridized carbons (Fsp3) is 0.320. The van der Waals surface area contributed by atoms with Crippen molar-refractivity contribution in [3.63, 3.8) is 0 Å². The highest BCUT2D eigenvalue weighted by Crippen LogP contribution is 2.15. The topological polar surface area (TPSA) is 35.5 Å². The standard InChI is InChI=1S/C25H30O3/c1-3-5-19-27-24-15-9-21(10-16-24)7-13-23(26)14-8-22-11-17-25(18-12-22)28-20-6-4-2/h7-18H,3-6,19-20H2,1-2H3. The first-order chi connectivity index (χ1) is 13.7. The van der Waals surface area contributed by atoms with Gasteiger partial charge in [-0.2, -0.15) is 0 Å². The van der Waals surface area contributed by atoms with Gasteiger partial charge in [0.1, 0.15) is 11.5 Å². The summed E-state index contributed by atoms with van der Waals surface area (Å²) in [5.41, 5.74) is 1.94. The van der Waals surface area contributed by atoms with Gasteiger partial charge in [0.2, 0.25) is 0 Å². The molecule has 28 heavy (non-hydrogen) atoms. The van der Waals surface area contributed by atoms with E-state index in [1.165, 1.54) is 0 Å². The molecule has 0 saturated carbocycles. The first kappa shape index (κ1) is 21.5. The summed E-state index contributed by atoms with van der Waals surface area (Å²) >= 11 is 0. The number of hydrogen-bond acceptors (Lipinski definition) is 3. The number of ketones is 1. The molecule has 0 radical (unpaired) electrons. The van der Waals surface area contributed by atoms with Crippen LogP contribution in [-0.2, 0) is 4.79 Å². The first-order valence-electron chi connectivity index (χ1n) is 10.1. The number of hydrogen-bond donors (Lipinski definition) is 0. The summed E-state index contributed by atoms with van der Waals surface area (Å²) in [5, 5.41) is 0. The minimum atomic E-state index is -0.0495. The molecule has 0 fully saturated rings. The maximum Gasteiger partial charge on any atom is 0.178 e. The van der Waals surface area contributed by atoms with E-state index in [9.17, 15) is 4.79 Å². The third-order valence-electron chi connectivity index (χ3n) is 4.17. The Morgan fingerprint density at radius 3 is 1.46 bits per heavy atom. The van der Waals surface area contributed by atoms with Crippen LogP contribution >= 0.6 is 0 Å². The zero-order valence-corrected chi connectivity index (χ0v) is 16.9. The zero-order chi connectivity index (χ0) is 20.0. The van der Waals surface area contributed by atoms with E-state index in [1.54, 1.807) is 12.2 Å². The number of allylic oxidation sites excluding steroid dienone is 2. The summed E-state index contributed by atoms with van der Waals surface area (Å²) in [4.78, 5) is 12.0. The fourth-order valence-corrected chi connectivity index (χ4v) is 2.43. The maximum absolute atomic E-state index is 12.0. The molecule has 2 rings (SSSR count). The van der Waals surface area contributed by atoms with E-state index in [2.05, 4.69) is 13.8 Å². The van der Waals surface area contributed by atoms with Crippen LogP contribution < -0.4 is 9.47 Å². The Morgan fingerprint density at radius 1 is 0.714 bits per heavy atom. The van der Waals surface area contributed by atoms with Crippen LogP contribution in [-0.4, -0.2) is 19.0 Å². The molecule has 0 spiro atoms. The number of carbonyl (C=O) groups is 1. The van der Waals surface area contributed by atoms with Crippen LogP contribution in [0.3, 0.4) is 0 Å².